The van der Waals surface area contributed by atoms with Crippen LogP contribution >= 0.6 is 0 Å². The Morgan fingerprint density at radius 2 is 2.05 bits per heavy atom. The molecule has 2 saturated heterocycles. The van der Waals surface area contributed by atoms with Crippen LogP contribution in [-0.2, 0) is 9.53 Å². The van der Waals surface area contributed by atoms with E-state index in [1.807, 2.05) is 11.8 Å². The molecule has 2 aliphatic heterocycles. The van der Waals surface area contributed by atoms with Crippen LogP contribution in [0.5, 0.6) is 0 Å². The summed E-state index contributed by atoms with van der Waals surface area (Å²) in [6.07, 6.45) is 5.40. The first kappa shape index (κ1) is 14.8. The molecule has 0 aliphatic carbocycles. The molecule has 19 heavy (non-hydrogen) atoms. The first-order chi connectivity index (χ1) is 9.29. The largest absolute Gasteiger partial charge is 0.381 e. The molecule has 2 rings (SSSR count). The summed E-state index contributed by atoms with van der Waals surface area (Å²) < 4.78 is 5.46. The summed E-state index contributed by atoms with van der Waals surface area (Å²) in [6.45, 7) is 7.71. The summed E-state index contributed by atoms with van der Waals surface area (Å²) in [4.78, 5) is 14.2. The van der Waals surface area contributed by atoms with Gasteiger partial charge in [0.1, 0.15) is 0 Å². The van der Waals surface area contributed by atoms with Crippen molar-refractivity contribution in [1.82, 2.24) is 10.2 Å². The van der Waals surface area contributed by atoms with Crippen molar-refractivity contribution in [2.75, 3.05) is 39.4 Å². The van der Waals surface area contributed by atoms with Crippen LogP contribution in [0.3, 0.4) is 0 Å². The molecule has 0 aromatic carbocycles. The number of nitrogens with zero attached hydrogens (tertiary/aromatic N) is 1. The second-order valence-corrected chi connectivity index (χ2v) is 5.89. The number of ether oxygens (including phenoxy) is 1. The van der Waals surface area contributed by atoms with Gasteiger partial charge in [-0.15, -0.1) is 0 Å². The number of hydrogen-bond acceptors (Lipinski definition) is 3. The number of carbonyl (C=O) groups excluding carboxylic acids is 1. The fourth-order valence-corrected chi connectivity index (χ4v) is 3.14. The van der Waals surface area contributed by atoms with E-state index in [-0.39, 0.29) is 0 Å². The SMILES string of the molecule is CCOCC1CCN(C(=O)CCC2CCNCC2)C1. The second-order valence-electron chi connectivity index (χ2n) is 5.89. The van der Waals surface area contributed by atoms with Crippen molar-refractivity contribution in [3.05, 3.63) is 0 Å². The Morgan fingerprint density at radius 1 is 1.26 bits per heavy atom. The number of amides is 1. The summed E-state index contributed by atoms with van der Waals surface area (Å²) in [6, 6.07) is 0. The smallest absolute Gasteiger partial charge is 0.222 e. The van der Waals surface area contributed by atoms with E-state index in [2.05, 4.69) is 5.32 Å². The highest BCUT2D eigenvalue weighted by molar-refractivity contribution is 5.76. The third-order valence-corrected chi connectivity index (χ3v) is 4.42. The predicted molar refractivity (Wildman–Crippen MR) is 76.0 cm³/mol. The zero-order valence-corrected chi connectivity index (χ0v) is 12.2. The minimum Gasteiger partial charge on any atom is -0.381 e. The molecule has 0 bridgehead atoms. The minimum atomic E-state index is 0.359. The maximum Gasteiger partial charge on any atom is 0.222 e. The molecule has 1 amide bonds. The van der Waals surface area contributed by atoms with Crippen molar-refractivity contribution >= 4 is 5.91 Å². The zero-order chi connectivity index (χ0) is 13.5. The predicted octanol–water partition coefficient (Wildman–Crippen LogP) is 1.65. The molecule has 2 fully saturated rings. The number of carbonyl (C=O) groups is 1. The van der Waals surface area contributed by atoms with Gasteiger partial charge in [-0.25, -0.2) is 0 Å². The van der Waals surface area contributed by atoms with Crippen LogP contribution in [0, 0.1) is 11.8 Å². The highest BCUT2D eigenvalue weighted by atomic mass is 16.5. The minimum absolute atomic E-state index is 0.359. The Labute approximate surface area is 116 Å². The summed E-state index contributed by atoms with van der Waals surface area (Å²) in [5, 5.41) is 3.37. The Bertz CT molecular complexity index is 277. The molecule has 4 nitrogen and oxygen atoms in total. The molecule has 0 aromatic rings. The topological polar surface area (TPSA) is 41.6 Å². The highest BCUT2D eigenvalue weighted by Gasteiger charge is 2.26. The molecule has 0 aromatic heterocycles. The molecule has 1 atom stereocenters. The summed E-state index contributed by atoms with van der Waals surface area (Å²) in [7, 11) is 0. The average molecular weight is 268 g/mol. The van der Waals surface area contributed by atoms with Gasteiger partial charge >= 0.3 is 0 Å². The van der Waals surface area contributed by atoms with Crippen molar-refractivity contribution in [2.45, 2.75) is 39.0 Å². The van der Waals surface area contributed by atoms with Gasteiger partial charge in [-0.3, -0.25) is 4.79 Å². The van der Waals surface area contributed by atoms with Crippen molar-refractivity contribution in [3.8, 4) is 0 Å². The number of piperidine rings is 1. The van der Waals surface area contributed by atoms with Gasteiger partial charge < -0.3 is 15.0 Å². The Balaban J connectivity index is 1.63. The molecule has 2 heterocycles. The van der Waals surface area contributed by atoms with Gasteiger partial charge in [0.2, 0.25) is 5.91 Å². The lowest BCUT2D eigenvalue weighted by atomic mass is 9.93. The molecular formula is C15H28N2O2. The Hall–Kier alpha value is -0.610. The first-order valence-corrected chi connectivity index (χ1v) is 7.85. The lowest BCUT2D eigenvalue weighted by molar-refractivity contribution is -0.130. The van der Waals surface area contributed by atoms with E-state index in [0.29, 0.717) is 11.8 Å². The van der Waals surface area contributed by atoms with Crippen LogP contribution in [0.1, 0.15) is 39.0 Å². The molecular weight excluding hydrogens is 240 g/mol. The van der Waals surface area contributed by atoms with Crippen molar-refractivity contribution in [2.24, 2.45) is 11.8 Å². The van der Waals surface area contributed by atoms with E-state index in [0.717, 1.165) is 64.6 Å². The van der Waals surface area contributed by atoms with Gasteiger partial charge in [0, 0.05) is 32.0 Å². The van der Waals surface area contributed by atoms with E-state index in [1.54, 1.807) is 0 Å². The van der Waals surface area contributed by atoms with Crippen LogP contribution in [0.4, 0.5) is 0 Å². The number of nitrogens with one attached hydrogen (secondary N) is 1. The number of rotatable bonds is 6. The van der Waals surface area contributed by atoms with Crippen molar-refractivity contribution in [3.63, 3.8) is 0 Å². The molecule has 1 N–H and O–H groups in total. The Kier molecular flexibility index (Phi) is 6.11. The van der Waals surface area contributed by atoms with E-state index < -0.39 is 0 Å². The number of hydrogen-bond donors (Lipinski definition) is 1. The van der Waals surface area contributed by atoms with Crippen LogP contribution < -0.4 is 5.32 Å². The van der Waals surface area contributed by atoms with Gasteiger partial charge in [-0.2, -0.15) is 0 Å². The molecule has 0 radical (unpaired) electrons. The normalized spacial score (nSPS) is 24.9. The quantitative estimate of drug-likeness (QED) is 0.796. The fraction of sp³-hybridized carbons (Fsp3) is 0.933. The summed E-state index contributed by atoms with van der Waals surface area (Å²) >= 11 is 0. The Morgan fingerprint density at radius 3 is 2.79 bits per heavy atom. The van der Waals surface area contributed by atoms with Gasteiger partial charge in [0.15, 0.2) is 0 Å². The van der Waals surface area contributed by atoms with E-state index in [9.17, 15) is 4.79 Å². The molecule has 110 valence electrons. The van der Waals surface area contributed by atoms with Crippen LogP contribution in [0.2, 0.25) is 0 Å². The highest BCUT2D eigenvalue weighted by Crippen LogP contribution is 2.21. The lowest BCUT2D eigenvalue weighted by Crippen LogP contribution is -2.31. The van der Waals surface area contributed by atoms with Crippen LogP contribution in [0.15, 0.2) is 0 Å². The molecule has 1 unspecified atom stereocenters. The van der Waals surface area contributed by atoms with Gasteiger partial charge in [0.25, 0.3) is 0 Å². The van der Waals surface area contributed by atoms with E-state index >= 15 is 0 Å². The van der Waals surface area contributed by atoms with Crippen molar-refractivity contribution in [1.29, 1.82) is 0 Å². The van der Waals surface area contributed by atoms with Gasteiger partial charge in [-0.1, -0.05) is 0 Å². The first-order valence-electron chi connectivity index (χ1n) is 7.85. The molecule has 2 aliphatic rings. The molecule has 0 spiro atoms. The van der Waals surface area contributed by atoms with Gasteiger partial charge in [-0.05, 0) is 51.6 Å². The molecule has 0 saturated carbocycles. The monoisotopic (exact) mass is 268 g/mol. The van der Waals surface area contributed by atoms with Crippen molar-refractivity contribution < 1.29 is 9.53 Å². The maximum atomic E-state index is 12.2. The van der Waals surface area contributed by atoms with Crippen LogP contribution in [-0.4, -0.2) is 50.2 Å². The van der Waals surface area contributed by atoms with Crippen LogP contribution in [0.25, 0.3) is 0 Å². The van der Waals surface area contributed by atoms with Gasteiger partial charge in [0.05, 0.1) is 6.61 Å². The molecule has 4 heteroatoms. The second kappa shape index (κ2) is 7.85. The zero-order valence-electron chi connectivity index (χ0n) is 12.2. The van der Waals surface area contributed by atoms with E-state index in [4.69, 9.17) is 4.74 Å². The standard InChI is InChI=1S/C15H28N2O2/c1-2-19-12-14-7-10-17(11-14)15(18)4-3-13-5-8-16-9-6-13/h13-14,16H,2-12H2,1H3. The summed E-state index contributed by atoms with van der Waals surface area (Å²) in [5.41, 5.74) is 0. The third kappa shape index (κ3) is 4.77. The number of likely N-dealkylation sites (tertiary alicyclic amines) is 1. The average Bonchev–Trinajstić information content (AvgIpc) is 2.92. The lowest BCUT2D eigenvalue weighted by Gasteiger charge is -2.23. The fourth-order valence-electron chi connectivity index (χ4n) is 3.14. The summed E-state index contributed by atoms with van der Waals surface area (Å²) in [5.74, 6) is 1.67. The third-order valence-electron chi connectivity index (χ3n) is 4.42. The van der Waals surface area contributed by atoms with E-state index in [1.165, 1.54) is 12.8 Å². The maximum absolute atomic E-state index is 12.2.